The van der Waals surface area contributed by atoms with Gasteiger partial charge in [0.15, 0.2) is 0 Å². The molecule has 1 amide bonds. The van der Waals surface area contributed by atoms with E-state index in [1.807, 2.05) is 0 Å². The first kappa shape index (κ1) is 21.1. The van der Waals surface area contributed by atoms with Gasteiger partial charge in [-0.2, -0.15) is 5.26 Å². The van der Waals surface area contributed by atoms with E-state index in [0.717, 1.165) is 58.4 Å². The highest BCUT2D eigenvalue weighted by Crippen LogP contribution is 2.29. The Balaban J connectivity index is 1.55. The third-order valence-corrected chi connectivity index (χ3v) is 6.26. The minimum atomic E-state index is -1.01. The van der Waals surface area contributed by atoms with Crippen LogP contribution in [0.4, 0.5) is 11.5 Å². The zero-order chi connectivity index (χ0) is 21.8. The van der Waals surface area contributed by atoms with E-state index in [9.17, 15) is 14.7 Å². The SMILES string of the molecule is N#CCCN1CCN(c2cc(C(=O)O)c3cc(NC(=O)C4CCCC4)ccc3n2)CC1. The highest BCUT2D eigenvalue weighted by Gasteiger charge is 2.24. The van der Waals surface area contributed by atoms with Crippen LogP contribution in [0, 0.1) is 17.2 Å². The summed E-state index contributed by atoms with van der Waals surface area (Å²) in [5, 5.41) is 22.0. The van der Waals surface area contributed by atoms with Gasteiger partial charge in [-0.1, -0.05) is 12.8 Å². The first-order valence-electron chi connectivity index (χ1n) is 10.9. The maximum absolute atomic E-state index is 12.5. The molecule has 4 rings (SSSR count). The Morgan fingerprint density at radius 1 is 1.16 bits per heavy atom. The molecule has 2 aromatic rings. The molecular formula is C23H27N5O3. The number of rotatable bonds is 6. The van der Waals surface area contributed by atoms with E-state index in [2.05, 4.69) is 21.2 Å². The van der Waals surface area contributed by atoms with Crippen molar-refractivity contribution in [1.82, 2.24) is 9.88 Å². The van der Waals surface area contributed by atoms with Crippen LogP contribution < -0.4 is 10.2 Å². The van der Waals surface area contributed by atoms with E-state index in [0.29, 0.717) is 28.8 Å². The summed E-state index contributed by atoms with van der Waals surface area (Å²) in [6.45, 7) is 3.86. The fourth-order valence-electron chi connectivity index (χ4n) is 4.47. The number of nitriles is 1. The van der Waals surface area contributed by atoms with Crippen molar-refractivity contribution in [2.24, 2.45) is 5.92 Å². The smallest absolute Gasteiger partial charge is 0.336 e. The molecule has 2 N–H and O–H groups in total. The molecule has 1 aromatic heterocycles. The van der Waals surface area contributed by atoms with Crippen LogP contribution in [-0.4, -0.2) is 59.6 Å². The monoisotopic (exact) mass is 421 g/mol. The summed E-state index contributed by atoms with van der Waals surface area (Å²) >= 11 is 0. The molecule has 0 spiro atoms. The van der Waals surface area contributed by atoms with Crippen LogP contribution in [0.15, 0.2) is 24.3 Å². The molecule has 0 atom stereocenters. The number of hydrogen-bond donors (Lipinski definition) is 2. The molecule has 1 saturated carbocycles. The molecule has 1 aromatic carbocycles. The van der Waals surface area contributed by atoms with E-state index in [1.54, 1.807) is 24.3 Å². The largest absolute Gasteiger partial charge is 0.478 e. The molecule has 1 aliphatic carbocycles. The Morgan fingerprint density at radius 2 is 1.90 bits per heavy atom. The Bertz CT molecular complexity index is 1020. The summed E-state index contributed by atoms with van der Waals surface area (Å²) < 4.78 is 0. The number of anilines is 2. The number of piperazine rings is 1. The highest BCUT2D eigenvalue weighted by atomic mass is 16.4. The molecular weight excluding hydrogens is 394 g/mol. The maximum Gasteiger partial charge on any atom is 0.336 e. The van der Waals surface area contributed by atoms with Gasteiger partial charge in [-0.15, -0.1) is 0 Å². The van der Waals surface area contributed by atoms with Crippen molar-refractivity contribution in [3.05, 3.63) is 29.8 Å². The fourth-order valence-corrected chi connectivity index (χ4v) is 4.47. The number of carbonyl (C=O) groups excluding carboxylic acids is 1. The van der Waals surface area contributed by atoms with Crippen molar-refractivity contribution in [3.8, 4) is 6.07 Å². The van der Waals surface area contributed by atoms with Crippen molar-refractivity contribution in [2.45, 2.75) is 32.1 Å². The van der Waals surface area contributed by atoms with Crippen LogP contribution in [-0.2, 0) is 4.79 Å². The van der Waals surface area contributed by atoms with Crippen LogP contribution in [0.25, 0.3) is 10.9 Å². The van der Waals surface area contributed by atoms with Crippen molar-refractivity contribution in [1.29, 1.82) is 5.26 Å². The highest BCUT2D eigenvalue weighted by molar-refractivity contribution is 6.05. The van der Waals surface area contributed by atoms with Crippen LogP contribution in [0.1, 0.15) is 42.5 Å². The number of nitrogens with zero attached hydrogens (tertiary/aromatic N) is 4. The predicted molar refractivity (Wildman–Crippen MR) is 118 cm³/mol. The molecule has 1 saturated heterocycles. The van der Waals surface area contributed by atoms with E-state index < -0.39 is 5.97 Å². The first-order chi connectivity index (χ1) is 15.0. The van der Waals surface area contributed by atoms with Gasteiger partial charge >= 0.3 is 5.97 Å². The van der Waals surface area contributed by atoms with Crippen molar-refractivity contribution >= 4 is 34.3 Å². The van der Waals surface area contributed by atoms with Gasteiger partial charge in [-0.05, 0) is 37.1 Å². The molecule has 2 heterocycles. The van der Waals surface area contributed by atoms with E-state index in [1.165, 1.54) is 0 Å². The number of amides is 1. The Labute approximate surface area is 181 Å². The second kappa shape index (κ2) is 9.31. The standard InChI is InChI=1S/C23H27N5O3/c24-8-3-9-27-10-12-28(13-11-27)21-15-19(23(30)31)18-14-17(6-7-20(18)26-21)25-22(29)16-4-1-2-5-16/h6-7,14-16H,1-5,9-13H2,(H,25,29)(H,30,31). The lowest BCUT2D eigenvalue weighted by Gasteiger charge is -2.35. The number of fused-ring (bicyclic) bond motifs is 1. The number of aromatic carboxylic acids is 1. The van der Waals surface area contributed by atoms with Crippen molar-refractivity contribution in [3.63, 3.8) is 0 Å². The lowest BCUT2D eigenvalue weighted by molar-refractivity contribution is -0.119. The summed E-state index contributed by atoms with van der Waals surface area (Å²) in [7, 11) is 0. The van der Waals surface area contributed by atoms with Gasteiger partial charge in [0.05, 0.1) is 17.1 Å². The molecule has 0 bridgehead atoms. The number of carboxylic acids is 1. The normalized spacial score (nSPS) is 17.6. The van der Waals surface area contributed by atoms with E-state index in [-0.39, 0.29) is 17.4 Å². The maximum atomic E-state index is 12.5. The molecule has 162 valence electrons. The number of aromatic nitrogens is 1. The van der Waals surface area contributed by atoms with Gasteiger partial charge in [0.2, 0.25) is 5.91 Å². The number of carboxylic acid groups (broad SMARTS) is 1. The summed E-state index contributed by atoms with van der Waals surface area (Å²) in [5.74, 6) is -0.317. The zero-order valence-electron chi connectivity index (χ0n) is 17.5. The molecule has 0 unspecified atom stereocenters. The van der Waals surface area contributed by atoms with Gasteiger partial charge in [0.25, 0.3) is 0 Å². The topological polar surface area (TPSA) is 110 Å². The Hall–Kier alpha value is -3.18. The van der Waals surface area contributed by atoms with Crippen LogP contribution in [0.5, 0.6) is 0 Å². The minimum absolute atomic E-state index is 0.00701. The van der Waals surface area contributed by atoms with E-state index in [4.69, 9.17) is 10.2 Å². The van der Waals surface area contributed by atoms with Crippen LogP contribution >= 0.6 is 0 Å². The lowest BCUT2D eigenvalue weighted by atomic mass is 10.1. The van der Waals surface area contributed by atoms with Crippen LogP contribution in [0.3, 0.4) is 0 Å². The molecule has 0 radical (unpaired) electrons. The van der Waals surface area contributed by atoms with Gasteiger partial charge < -0.3 is 15.3 Å². The Morgan fingerprint density at radius 3 is 2.58 bits per heavy atom. The quantitative estimate of drug-likeness (QED) is 0.737. The van der Waals surface area contributed by atoms with E-state index >= 15 is 0 Å². The first-order valence-corrected chi connectivity index (χ1v) is 10.9. The molecule has 2 fully saturated rings. The molecule has 8 heteroatoms. The average Bonchev–Trinajstić information content (AvgIpc) is 3.32. The van der Waals surface area contributed by atoms with Gasteiger partial charge in [-0.25, -0.2) is 9.78 Å². The third kappa shape index (κ3) is 4.78. The van der Waals surface area contributed by atoms with Crippen molar-refractivity contribution < 1.29 is 14.7 Å². The Kier molecular flexibility index (Phi) is 6.33. The number of pyridine rings is 1. The minimum Gasteiger partial charge on any atom is -0.478 e. The summed E-state index contributed by atoms with van der Waals surface area (Å²) in [6.07, 6.45) is 4.50. The average molecular weight is 422 g/mol. The molecule has 2 aliphatic rings. The predicted octanol–water partition coefficient (Wildman–Crippen LogP) is 3.10. The summed E-state index contributed by atoms with van der Waals surface area (Å²) in [6, 6.07) is 9.07. The van der Waals surface area contributed by atoms with Gasteiger partial charge in [-0.3, -0.25) is 9.69 Å². The number of benzene rings is 1. The number of carbonyl (C=O) groups is 2. The van der Waals surface area contributed by atoms with Gasteiger partial charge in [0, 0.05) is 56.1 Å². The molecule has 1 aliphatic heterocycles. The molecule has 31 heavy (non-hydrogen) atoms. The zero-order valence-corrected chi connectivity index (χ0v) is 17.5. The van der Waals surface area contributed by atoms with Gasteiger partial charge in [0.1, 0.15) is 5.82 Å². The third-order valence-electron chi connectivity index (χ3n) is 6.26. The second-order valence-electron chi connectivity index (χ2n) is 8.27. The second-order valence-corrected chi connectivity index (χ2v) is 8.27. The number of hydrogen-bond acceptors (Lipinski definition) is 6. The lowest BCUT2D eigenvalue weighted by Crippen LogP contribution is -2.46. The fraction of sp³-hybridized carbons (Fsp3) is 0.478. The van der Waals surface area contributed by atoms with Crippen LogP contribution in [0.2, 0.25) is 0 Å². The molecule has 8 nitrogen and oxygen atoms in total. The summed E-state index contributed by atoms with van der Waals surface area (Å²) in [5.41, 5.74) is 1.39. The number of nitrogens with one attached hydrogen (secondary N) is 1. The van der Waals surface area contributed by atoms with Crippen molar-refractivity contribution in [2.75, 3.05) is 42.9 Å². The summed E-state index contributed by atoms with van der Waals surface area (Å²) in [4.78, 5) is 33.5.